The third-order valence-corrected chi connectivity index (χ3v) is 3.58. The van der Waals surface area contributed by atoms with Crippen LogP contribution in [0.15, 0.2) is 24.3 Å². The first kappa shape index (κ1) is 13.3. The van der Waals surface area contributed by atoms with Crippen LogP contribution in [0.4, 0.5) is 10.1 Å². The first-order valence-electron chi connectivity index (χ1n) is 6.72. The fourth-order valence-electron chi connectivity index (χ4n) is 2.63. The van der Waals surface area contributed by atoms with Crippen LogP contribution in [0.1, 0.15) is 5.69 Å². The Morgan fingerprint density at radius 3 is 3.15 bits per heavy atom. The number of pyridine rings is 1. The summed E-state index contributed by atoms with van der Waals surface area (Å²) >= 11 is 0. The predicted octanol–water partition coefficient (Wildman–Crippen LogP) is 1.88. The summed E-state index contributed by atoms with van der Waals surface area (Å²) < 4.78 is 19.4. The van der Waals surface area contributed by atoms with E-state index < -0.39 is 0 Å². The summed E-state index contributed by atoms with van der Waals surface area (Å²) in [5.74, 6) is -0.306. The highest BCUT2D eigenvalue weighted by Crippen LogP contribution is 2.29. The minimum atomic E-state index is -0.306. The molecule has 4 nitrogen and oxygen atoms in total. The molecule has 1 aliphatic rings. The second-order valence-corrected chi connectivity index (χ2v) is 5.04. The maximum absolute atomic E-state index is 13.9. The van der Waals surface area contributed by atoms with Crippen molar-refractivity contribution >= 4 is 16.6 Å². The summed E-state index contributed by atoms with van der Waals surface area (Å²) in [5.41, 5.74) is 2.13. The van der Waals surface area contributed by atoms with E-state index in [4.69, 9.17) is 4.74 Å². The van der Waals surface area contributed by atoms with Gasteiger partial charge in [0.05, 0.1) is 19.3 Å². The Hall–Kier alpha value is -1.72. The number of halogens is 1. The van der Waals surface area contributed by atoms with E-state index in [1.54, 1.807) is 6.07 Å². The molecule has 1 aliphatic heterocycles. The SMILES string of the molecule is Cc1cc(N2CCOC(CO)C2)c2cccc(F)c2n1. The number of ether oxygens (including phenoxy) is 1. The molecule has 1 aromatic heterocycles. The zero-order valence-corrected chi connectivity index (χ0v) is 11.3. The van der Waals surface area contributed by atoms with E-state index in [9.17, 15) is 9.50 Å². The monoisotopic (exact) mass is 276 g/mol. The number of para-hydroxylation sites is 1. The Morgan fingerprint density at radius 1 is 1.50 bits per heavy atom. The van der Waals surface area contributed by atoms with Gasteiger partial charge in [0.25, 0.3) is 0 Å². The lowest BCUT2D eigenvalue weighted by Gasteiger charge is -2.34. The molecule has 0 amide bonds. The molecule has 106 valence electrons. The van der Waals surface area contributed by atoms with Crippen LogP contribution in [0.25, 0.3) is 10.9 Å². The van der Waals surface area contributed by atoms with Crippen molar-refractivity contribution in [2.24, 2.45) is 0 Å². The number of fused-ring (bicyclic) bond motifs is 1. The molecule has 1 atom stereocenters. The third-order valence-electron chi connectivity index (χ3n) is 3.58. The molecule has 0 bridgehead atoms. The van der Waals surface area contributed by atoms with Crippen molar-refractivity contribution in [3.63, 3.8) is 0 Å². The van der Waals surface area contributed by atoms with E-state index in [0.717, 1.165) is 23.3 Å². The van der Waals surface area contributed by atoms with Crippen LogP contribution in [0, 0.1) is 12.7 Å². The molecule has 1 fully saturated rings. The summed E-state index contributed by atoms with van der Waals surface area (Å²) in [7, 11) is 0. The Morgan fingerprint density at radius 2 is 2.35 bits per heavy atom. The van der Waals surface area contributed by atoms with E-state index in [1.165, 1.54) is 6.07 Å². The summed E-state index contributed by atoms with van der Waals surface area (Å²) in [6.07, 6.45) is -0.194. The zero-order valence-electron chi connectivity index (χ0n) is 11.3. The number of hydrogen-bond acceptors (Lipinski definition) is 4. The van der Waals surface area contributed by atoms with E-state index in [1.807, 2.05) is 19.1 Å². The predicted molar refractivity (Wildman–Crippen MR) is 75.5 cm³/mol. The molecular weight excluding hydrogens is 259 g/mol. The first-order chi connectivity index (χ1) is 9.69. The van der Waals surface area contributed by atoms with E-state index >= 15 is 0 Å². The topological polar surface area (TPSA) is 45.6 Å². The van der Waals surface area contributed by atoms with Crippen molar-refractivity contribution in [1.82, 2.24) is 4.98 Å². The molecular formula is C15H17FN2O2. The summed E-state index contributed by atoms with van der Waals surface area (Å²) in [6.45, 7) is 3.74. The van der Waals surface area contributed by atoms with Crippen molar-refractivity contribution in [3.8, 4) is 0 Å². The number of nitrogens with zero attached hydrogens (tertiary/aromatic N) is 2. The molecule has 1 saturated heterocycles. The van der Waals surface area contributed by atoms with Crippen molar-refractivity contribution in [2.45, 2.75) is 13.0 Å². The van der Waals surface area contributed by atoms with Crippen molar-refractivity contribution in [2.75, 3.05) is 31.2 Å². The van der Waals surface area contributed by atoms with Crippen molar-refractivity contribution in [1.29, 1.82) is 0 Å². The molecule has 5 heteroatoms. The highest BCUT2D eigenvalue weighted by atomic mass is 19.1. The molecule has 0 aliphatic carbocycles. The van der Waals surface area contributed by atoms with Crippen LogP contribution < -0.4 is 4.90 Å². The van der Waals surface area contributed by atoms with Gasteiger partial charge < -0.3 is 14.7 Å². The van der Waals surface area contributed by atoms with Crippen LogP contribution in [-0.2, 0) is 4.74 Å². The highest BCUT2D eigenvalue weighted by Gasteiger charge is 2.22. The standard InChI is InChI=1S/C15H17FN2O2/c1-10-7-14(18-5-6-20-11(8-18)9-19)12-3-2-4-13(16)15(12)17-10/h2-4,7,11,19H,5-6,8-9H2,1H3. The van der Waals surface area contributed by atoms with Gasteiger partial charge in [0, 0.05) is 29.9 Å². The van der Waals surface area contributed by atoms with Gasteiger partial charge in [-0.25, -0.2) is 9.37 Å². The maximum Gasteiger partial charge on any atom is 0.149 e. The number of hydrogen-bond donors (Lipinski definition) is 1. The number of benzene rings is 1. The fraction of sp³-hybridized carbons (Fsp3) is 0.400. The van der Waals surface area contributed by atoms with Crippen molar-refractivity contribution in [3.05, 3.63) is 35.8 Å². The minimum absolute atomic E-state index is 0.00708. The third kappa shape index (κ3) is 2.34. The Balaban J connectivity index is 2.08. The number of aliphatic hydroxyl groups excluding tert-OH is 1. The molecule has 2 heterocycles. The number of rotatable bonds is 2. The van der Waals surface area contributed by atoms with Crippen LogP contribution in [0.2, 0.25) is 0 Å². The number of aryl methyl sites for hydroxylation is 1. The molecule has 0 spiro atoms. The van der Waals surface area contributed by atoms with Crippen LogP contribution in [0.3, 0.4) is 0 Å². The molecule has 3 rings (SSSR count). The number of morpholine rings is 1. The van der Waals surface area contributed by atoms with Crippen molar-refractivity contribution < 1.29 is 14.2 Å². The number of anilines is 1. The first-order valence-corrected chi connectivity index (χ1v) is 6.72. The second kappa shape index (κ2) is 5.34. The molecule has 1 aromatic carbocycles. The maximum atomic E-state index is 13.9. The lowest BCUT2D eigenvalue weighted by Crippen LogP contribution is -2.44. The zero-order chi connectivity index (χ0) is 14.1. The second-order valence-electron chi connectivity index (χ2n) is 5.04. The van der Waals surface area contributed by atoms with Crippen LogP contribution in [-0.4, -0.2) is 42.5 Å². The smallest absolute Gasteiger partial charge is 0.149 e. The summed E-state index contributed by atoms with van der Waals surface area (Å²) in [5, 5.41) is 10.0. The van der Waals surface area contributed by atoms with Gasteiger partial charge in [-0.2, -0.15) is 0 Å². The normalized spacial score (nSPS) is 19.6. The average molecular weight is 276 g/mol. The lowest BCUT2D eigenvalue weighted by molar-refractivity contribution is 0.00363. The number of aliphatic hydroxyl groups is 1. The van der Waals surface area contributed by atoms with Crippen LogP contribution >= 0.6 is 0 Å². The molecule has 1 N–H and O–H groups in total. The summed E-state index contributed by atoms with van der Waals surface area (Å²) in [6, 6.07) is 6.96. The fourth-order valence-corrected chi connectivity index (χ4v) is 2.63. The lowest BCUT2D eigenvalue weighted by atomic mass is 10.1. The largest absolute Gasteiger partial charge is 0.394 e. The quantitative estimate of drug-likeness (QED) is 0.909. The van der Waals surface area contributed by atoms with Gasteiger partial charge in [-0.3, -0.25) is 0 Å². The van der Waals surface area contributed by atoms with Gasteiger partial charge in [0.1, 0.15) is 11.3 Å². The Labute approximate surface area is 116 Å². The van der Waals surface area contributed by atoms with E-state index in [2.05, 4.69) is 9.88 Å². The molecule has 20 heavy (non-hydrogen) atoms. The molecule has 0 radical (unpaired) electrons. The van der Waals surface area contributed by atoms with Gasteiger partial charge >= 0.3 is 0 Å². The van der Waals surface area contributed by atoms with Crippen LogP contribution in [0.5, 0.6) is 0 Å². The molecule has 2 aromatic rings. The van der Waals surface area contributed by atoms with Gasteiger partial charge in [-0.15, -0.1) is 0 Å². The Kier molecular flexibility index (Phi) is 3.54. The Bertz CT molecular complexity index is 633. The van der Waals surface area contributed by atoms with E-state index in [0.29, 0.717) is 18.7 Å². The summed E-state index contributed by atoms with van der Waals surface area (Å²) in [4.78, 5) is 6.41. The molecule has 0 saturated carbocycles. The van der Waals surface area contributed by atoms with Gasteiger partial charge in [-0.05, 0) is 19.1 Å². The highest BCUT2D eigenvalue weighted by molar-refractivity contribution is 5.92. The van der Waals surface area contributed by atoms with Gasteiger partial charge in [0.2, 0.25) is 0 Å². The minimum Gasteiger partial charge on any atom is -0.394 e. The average Bonchev–Trinajstić information content (AvgIpc) is 2.47. The molecule has 1 unspecified atom stereocenters. The van der Waals surface area contributed by atoms with Gasteiger partial charge in [-0.1, -0.05) is 12.1 Å². The number of aromatic nitrogens is 1. The van der Waals surface area contributed by atoms with E-state index in [-0.39, 0.29) is 18.5 Å². The van der Waals surface area contributed by atoms with Gasteiger partial charge in [0.15, 0.2) is 0 Å².